The van der Waals surface area contributed by atoms with Crippen LogP contribution in [-0.4, -0.2) is 166 Å². The molecular formula is C54H66N12O4PS3+3. The number of quaternary nitrogens is 3. The Balaban J connectivity index is 0.744. The molecular weight excluding hydrogens is 1010 g/mol. The van der Waals surface area contributed by atoms with Gasteiger partial charge in [0.15, 0.2) is 20.2 Å². The normalized spacial score (nSPS) is 19.5. The van der Waals surface area contributed by atoms with E-state index in [-0.39, 0.29) is 20.2 Å². The number of amidine groups is 3. The molecule has 0 bridgehead atoms. The van der Waals surface area contributed by atoms with Crippen LogP contribution in [0.15, 0.2) is 106 Å². The van der Waals surface area contributed by atoms with Crippen LogP contribution < -0.4 is 16.0 Å². The molecule has 0 spiro atoms. The SMILES string of the molecule is Cc1cc2c(s1)Nc1ccccc1N=C2N1CC[N+](C)(COP(=O)(OC[N+]2(C)CCN(C3=Nc4ccccc4Nc4sc(C)cc43)CC2)OC[N+]2(C)CCN(C3=Nc4ccccc4Nc4sc(C)cc43)CC2)CC1. The maximum Gasteiger partial charge on any atom is 0.488 e. The number of nitrogens with zero attached hydrogens (tertiary/aromatic N) is 9. The maximum absolute atomic E-state index is 15.4. The first-order valence-electron chi connectivity index (χ1n) is 25.6. The molecule has 20 heteroatoms. The summed E-state index contributed by atoms with van der Waals surface area (Å²) in [4.78, 5) is 26.6. The number of anilines is 6. The van der Waals surface area contributed by atoms with Crippen LogP contribution in [0.5, 0.6) is 0 Å². The van der Waals surface area contributed by atoms with Crippen molar-refractivity contribution in [2.45, 2.75) is 20.8 Å². The zero-order valence-electron chi connectivity index (χ0n) is 43.1. The van der Waals surface area contributed by atoms with Gasteiger partial charge in [-0.2, -0.15) is 0 Å². The minimum absolute atomic E-state index is 0.190. The predicted molar refractivity (Wildman–Crippen MR) is 303 cm³/mol. The molecule has 0 atom stereocenters. The van der Waals surface area contributed by atoms with Crippen molar-refractivity contribution in [1.29, 1.82) is 0 Å². The van der Waals surface area contributed by atoms with Gasteiger partial charge in [0.2, 0.25) is 0 Å². The summed E-state index contributed by atoms with van der Waals surface area (Å²) < 4.78 is 36.8. The van der Waals surface area contributed by atoms with Gasteiger partial charge >= 0.3 is 7.82 Å². The van der Waals surface area contributed by atoms with E-state index in [9.17, 15) is 0 Å². The van der Waals surface area contributed by atoms with Gasteiger partial charge in [-0.25, -0.2) is 33.1 Å². The van der Waals surface area contributed by atoms with Crippen molar-refractivity contribution < 1.29 is 31.6 Å². The highest BCUT2D eigenvalue weighted by molar-refractivity contribution is 7.48. The van der Waals surface area contributed by atoms with Crippen LogP contribution >= 0.6 is 41.8 Å². The van der Waals surface area contributed by atoms with E-state index >= 15 is 4.57 Å². The monoisotopic (exact) mass is 1070 g/mol. The molecule has 0 radical (unpaired) electrons. The van der Waals surface area contributed by atoms with E-state index in [0.29, 0.717) is 13.4 Å². The number of piperazine rings is 3. The van der Waals surface area contributed by atoms with Crippen molar-refractivity contribution in [3.8, 4) is 0 Å². The summed E-state index contributed by atoms with van der Waals surface area (Å²) in [7, 11) is 2.45. The van der Waals surface area contributed by atoms with E-state index in [1.807, 2.05) is 36.4 Å². The Hall–Kier alpha value is -5.44. The van der Waals surface area contributed by atoms with Gasteiger partial charge in [0.05, 0.1) is 150 Å². The number of para-hydroxylation sites is 6. The van der Waals surface area contributed by atoms with Gasteiger partial charge in [0.25, 0.3) is 0 Å². The number of likely N-dealkylation sites (N-methyl/N-ethyl adjacent to an activating group) is 3. The number of aliphatic imine (C=N–C) groups is 3. The Morgan fingerprint density at radius 2 is 0.743 bits per heavy atom. The molecule has 6 aliphatic rings. The summed E-state index contributed by atoms with van der Waals surface area (Å²) in [6, 6.07) is 31.5. The minimum Gasteiger partial charge on any atom is -0.345 e. The van der Waals surface area contributed by atoms with Crippen molar-refractivity contribution in [3.63, 3.8) is 0 Å². The summed E-state index contributed by atoms with van der Waals surface area (Å²) in [5.41, 5.74) is 9.22. The Bertz CT molecular complexity index is 2910. The van der Waals surface area contributed by atoms with Gasteiger partial charge in [0, 0.05) is 14.6 Å². The Morgan fingerprint density at radius 1 is 0.473 bits per heavy atom. The standard InChI is InChI=1S/C54H66N12O4PS3/c1-37-31-40-49(55-43-13-7-10-16-46(43)58-52(40)72-37)61-19-25-64(4,26-20-61)34-68-71(67,69-35-65(5)27-21-62(22-28-65)50-41-32-38(2)73-53(41)59-47-17-11-8-14-44(47)56-50)70-36-66(6)29-23-63(24-30-66)51-42-33-39(3)74-54(42)60-48-18-12-9-15-45(48)57-51/h7-18,31-33,58-60H,19-30,34-36H2,1-6H3/q+3. The van der Waals surface area contributed by atoms with E-state index in [4.69, 9.17) is 28.5 Å². The number of rotatable bonds is 9. The summed E-state index contributed by atoms with van der Waals surface area (Å²) >= 11 is 5.27. The number of nitrogens with one attached hydrogen (secondary N) is 3. The van der Waals surface area contributed by atoms with Crippen molar-refractivity contribution >= 4 is 108 Å². The van der Waals surface area contributed by atoms with Crippen LogP contribution in [0.25, 0.3) is 0 Å². The van der Waals surface area contributed by atoms with E-state index in [1.165, 1.54) is 14.6 Å². The van der Waals surface area contributed by atoms with Crippen molar-refractivity contribution in [2.24, 2.45) is 15.0 Å². The maximum atomic E-state index is 15.4. The molecule has 3 saturated heterocycles. The fourth-order valence-corrected chi connectivity index (χ4v) is 14.8. The second kappa shape index (κ2) is 19.6. The third kappa shape index (κ3) is 10.1. The lowest BCUT2D eigenvalue weighted by Crippen LogP contribution is -2.60. The quantitative estimate of drug-likeness (QED) is 0.0951. The highest BCUT2D eigenvalue weighted by Crippen LogP contribution is 2.51. The first-order valence-corrected chi connectivity index (χ1v) is 29.5. The molecule has 0 saturated carbocycles. The van der Waals surface area contributed by atoms with Crippen molar-refractivity contribution in [2.75, 3.05) is 136 Å². The van der Waals surface area contributed by atoms with E-state index in [2.05, 4.69) is 127 Å². The number of phosphoric acid groups is 1. The van der Waals surface area contributed by atoms with Crippen LogP contribution in [-0.2, 0) is 18.1 Å². The van der Waals surface area contributed by atoms with Crippen LogP contribution in [0, 0.1) is 20.8 Å². The molecule has 0 amide bonds. The molecule has 3 fully saturated rings. The molecule has 6 aliphatic heterocycles. The zero-order valence-corrected chi connectivity index (χ0v) is 46.4. The van der Waals surface area contributed by atoms with E-state index in [0.717, 1.165) is 162 Å². The molecule has 0 aliphatic carbocycles. The average Bonchev–Trinajstić information content (AvgIpc) is 3.99. The van der Waals surface area contributed by atoms with Crippen LogP contribution in [0.2, 0.25) is 0 Å². The van der Waals surface area contributed by atoms with Gasteiger partial charge < -0.3 is 44.1 Å². The smallest absolute Gasteiger partial charge is 0.345 e. The largest absolute Gasteiger partial charge is 0.488 e. The summed E-state index contributed by atoms with van der Waals surface area (Å²) in [6.07, 6.45) is 0. The van der Waals surface area contributed by atoms with Crippen LogP contribution in [0.4, 0.5) is 49.1 Å². The summed E-state index contributed by atoms with van der Waals surface area (Å²) in [5, 5.41) is 14.3. The molecule has 3 N–H and O–H groups in total. The molecule has 9 heterocycles. The molecule has 0 unspecified atom stereocenters. The molecule has 6 aromatic rings. The van der Waals surface area contributed by atoms with Crippen molar-refractivity contribution in [3.05, 3.63) is 122 Å². The molecule has 12 rings (SSSR count). The van der Waals surface area contributed by atoms with Gasteiger partial charge in [0.1, 0.15) is 32.5 Å². The highest BCUT2D eigenvalue weighted by atomic mass is 32.1. The minimum atomic E-state index is -4.10. The third-order valence-corrected chi connectivity index (χ3v) is 19.6. The number of thiophene rings is 3. The van der Waals surface area contributed by atoms with Crippen LogP contribution in [0.3, 0.4) is 0 Å². The third-order valence-electron chi connectivity index (χ3n) is 15.4. The summed E-state index contributed by atoms with van der Waals surface area (Å²) in [5.74, 6) is 2.95. The Kier molecular flexibility index (Phi) is 13.1. The highest BCUT2D eigenvalue weighted by Gasteiger charge is 2.43. The Morgan fingerprint density at radius 3 is 1.03 bits per heavy atom. The molecule has 3 aromatic carbocycles. The van der Waals surface area contributed by atoms with Gasteiger partial charge in [-0.3, -0.25) is 0 Å². The summed E-state index contributed by atoms with van der Waals surface area (Å²) in [6.45, 7) is 16.2. The topological polar surface area (TPSA) is 128 Å². The van der Waals surface area contributed by atoms with Crippen LogP contribution in [0.1, 0.15) is 31.3 Å². The second-order valence-electron chi connectivity index (χ2n) is 21.4. The Labute approximate surface area is 446 Å². The van der Waals surface area contributed by atoms with Gasteiger partial charge in [-0.05, 0) is 75.4 Å². The fourth-order valence-electron chi connectivity index (χ4n) is 10.6. The van der Waals surface area contributed by atoms with Gasteiger partial charge in [-0.1, -0.05) is 36.4 Å². The number of benzene rings is 3. The van der Waals surface area contributed by atoms with E-state index < -0.39 is 7.82 Å². The number of hydrogen-bond donors (Lipinski definition) is 3. The number of aryl methyl sites for hydroxylation is 3. The van der Waals surface area contributed by atoms with E-state index in [1.54, 1.807) is 34.0 Å². The lowest BCUT2D eigenvalue weighted by molar-refractivity contribution is -0.933. The number of phosphoric ester groups is 1. The number of hydrogen-bond acceptors (Lipinski definition) is 16. The van der Waals surface area contributed by atoms with Gasteiger partial charge in [-0.15, -0.1) is 34.0 Å². The molecule has 74 heavy (non-hydrogen) atoms. The second-order valence-corrected chi connectivity index (χ2v) is 26.9. The lowest BCUT2D eigenvalue weighted by Gasteiger charge is -2.44. The number of fused-ring (bicyclic) bond motifs is 6. The predicted octanol–water partition coefficient (Wildman–Crippen LogP) is 10.9. The molecule has 386 valence electrons. The fraction of sp³-hybridized carbons (Fsp3) is 0.389. The zero-order chi connectivity index (χ0) is 50.8. The molecule has 16 nitrogen and oxygen atoms in total. The lowest BCUT2D eigenvalue weighted by atomic mass is 10.2. The average molecular weight is 1070 g/mol. The molecule has 3 aromatic heterocycles. The van der Waals surface area contributed by atoms with Crippen molar-refractivity contribution in [1.82, 2.24) is 14.7 Å². The first kappa shape index (κ1) is 49.4. The first-order chi connectivity index (χ1) is 35.7.